The van der Waals surface area contributed by atoms with Crippen LogP contribution in [0.2, 0.25) is 0 Å². The van der Waals surface area contributed by atoms with E-state index in [1.807, 2.05) is 4.90 Å². The Morgan fingerprint density at radius 1 is 1.24 bits per heavy atom. The van der Waals surface area contributed by atoms with E-state index in [1.165, 1.54) is 11.1 Å². The fourth-order valence-electron chi connectivity index (χ4n) is 3.01. The highest BCUT2D eigenvalue weighted by Crippen LogP contribution is 2.27. The van der Waals surface area contributed by atoms with E-state index < -0.39 is 0 Å². The molecule has 0 saturated carbocycles. The molecular weight excluding hydrogens is 266 g/mol. The molecule has 21 heavy (non-hydrogen) atoms. The molecule has 1 aromatic rings. The first-order valence-electron chi connectivity index (χ1n) is 7.46. The first-order valence-corrected chi connectivity index (χ1v) is 7.46. The van der Waals surface area contributed by atoms with Gasteiger partial charge >= 0.3 is 0 Å². The molecule has 1 amide bonds. The molecule has 0 spiro atoms. The van der Waals surface area contributed by atoms with Crippen LogP contribution in [-0.4, -0.2) is 44.7 Å². The minimum atomic E-state index is 0.250. The van der Waals surface area contributed by atoms with Gasteiger partial charge in [0.25, 0.3) is 0 Å². The predicted molar refractivity (Wildman–Crippen MR) is 82.7 cm³/mol. The van der Waals surface area contributed by atoms with Gasteiger partial charge < -0.3 is 14.4 Å². The fraction of sp³-hybridized carbons (Fsp3) is 0.588. The smallest absolute Gasteiger partial charge is 0.223 e. The molecule has 1 aliphatic rings. The Labute approximate surface area is 127 Å². The van der Waals surface area contributed by atoms with Crippen LogP contribution < -0.4 is 4.74 Å². The summed E-state index contributed by atoms with van der Waals surface area (Å²) in [5.74, 6) is 1.58. The zero-order chi connectivity index (χ0) is 15.4. The van der Waals surface area contributed by atoms with Crippen molar-refractivity contribution in [1.29, 1.82) is 0 Å². The summed E-state index contributed by atoms with van der Waals surface area (Å²) in [6.45, 7) is 6.32. The van der Waals surface area contributed by atoms with Crippen LogP contribution in [0.5, 0.6) is 5.75 Å². The number of likely N-dealkylation sites (tertiary alicyclic amines) is 1. The highest BCUT2D eigenvalue weighted by atomic mass is 16.5. The maximum atomic E-state index is 12.0. The second-order valence-corrected chi connectivity index (χ2v) is 5.86. The second-order valence-electron chi connectivity index (χ2n) is 5.86. The molecule has 1 aliphatic heterocycles. The maximum absolute atomic E-state index is 12.0. The minimum Gasteiger partial charge on any atom is -0.496 e. The number of benzene rings is 1. The van der Waals surface area contributed by atoms with E-state index in [4.69, 9.17) is 9.47 Å². The number of hydrogen-bond acceptors (Lipinski definition) is 3. The van der Waals surface area contributed by atoms with E-state index in [-0.39, 0.29) is 5.91 Å². The number of nitrogens with zero attached hydrogens (tertiary/aromatic N) is 1. The van der Waals surface area contributed by atoms with Crippen LogP contribution in [0.4, 0.5) is 0 Å². The molecule has 0 aliphatic carbocycles. The van der Waals surface area contributed by atoms with E-state index in [1.54, 1.807) is 14.2 Å². The summed E-state index contributed by atoms with van der Waals surface area (Å²) < 4.78 is 10.4. The van der Waals surface area contributed by atoms with Crippen molar-refractivity contribution in [3.05, 3.63) is 28.8 Å². The molecule has 116 valence electrons. The number of aryl methyl sites for hydroxylation is 2. The Morgan fingerprint density at radius 3 is 2.67 bits per heavy atom. The second kappa shape index (κ2) is 6.94. The summed E-state index contributed by atoms with van der Waals surface area (Å²) in [6, 6.07) is 4.28. The zero-order valence-corrected chi connectivity index (χ0v) is 13.4. The van der Waals surface area contributed by atoms with Gasteiger partial charge in [0.05, 0.1) is 13.7 Å². The largest absolute Gasteiger partial charge is 0.496 e. The Kier molecular flexibility index (Phi) is 5.23. The number of hydrogen-bond donors (Lipinski definition) is 0. The van der Waals surface area contributed by atoms with Gasteiger partial charge in [-0.3, -0.25) is 4.79 Å². The SMILES string of the molecule is COCCN1C[C@H](Cc2cc(C)c(OC)cc2C)CC1=O. The molecule has 0 bridgehead atoms. The van der Waals surface area contributed by atoms with Gasteiger partial charge in [-0.2, -0.15) is 0 Å². The molecule has 0 aromatic heterocycles. The van der Waals surface area contributed by atoms with Crippen LogP contribution in [0.3, 0.4) is 0 Å². The average Bonchev–Trinajstić information content (AvgIpc) is 2.80. The Balaban J connectivity index is 2.03. The average molecular weight is 291 g/mol. The number of amides is 1. The van der Waals surface area contributed by atoms with Gasteiger partial charge in [0, 0.05) is 26.6 Å². The van der Waals surface area contributed by atoms with E-state index in [0.717, 1.165) is 24.3 Å². The number of rotatable bonds is 6. The van der Waals surface area contributed by atoms with Crippen molar-refractivity contribution in [1.82, 2.24) is 4.90 Å². The van der Waals surface area contributed by atoms with E-state index >= 15 is 0 Å². The first-order chi connectivity index (χ1) is 10.0. The lowest BCUT2D eigenvalue weighted by Crippen LogP contribution is -2.28. The molecular formula is C17H25NO3. The molecule has 1 heterocycles. The summed E-state index contributed by atoms with van der Waals surface area (Å²) in [7, 11) is 3.37. The molecule has 0 unspecified atom stereocenters. The highest BCUT2D eigenvalue weighted by molar-refractivity contribution is 5.78. The Morgan fingerprint density at radius 2 is 2.00 bits per heavy atom. The Hall–Kier alpha value is -1.55. The minimum absolute atomic E-state index is 0.250. The van der Waals surface area contributed by atoms with Crippen molar-refractivity contribution in [2.24, 2.45) is 5.92 Å². The van der Waals surface area contributed by atoms with Gasteiger partial charge in [-0.1, -0.05) is 6.07 Å². The molecule has 1 aromatic carbocycles. The van der Waals surface area contributed by atoms with E-state index in [0.29, 0.717) is 25.5 Å². The number of ether oxygens (including phenoxy) is 2. The van der Waals surface area contributed by atoms with Gasteiger partial charge in [0.2, 0.25) is 5.91 Å². The van der Waals surface area contributed by atoms with Crippen LogP contribution in [0, 0.1) is 19.8 Å². The van der Waals surface area contributed by atoms with Gasteiger partial charge in [-0.05, 0) is 48.9 Å². The molecule has 4 heteroatoms. The van der Waals surface area contributed by atoms with Crippen molar-refractivity contribution in [3.8, 4) is 5.75 Å². The first kappa shape index (κ1) is 15.8. The third-order valence-corrected chi connectivity index (χ3v) is 4.22. The topological polar surface area (TPSA) is 38.8 Å². The van der Waals surface area contributed by atoms with Gasteiger partial charge in [0.1, 0.15) is 5.75 Å². The van der Waals surface area contributed by atoms with Crippen LogP contribution in [-0.2, 0) is 16.0 Å². The number of carbonyl (C=O) groups is 1. The van der Waals surface area contributed by atoms with Crippen molar-refractivity contribution in [2.75, 3.05) is 33.9 Å². The summed E-state index contributed by atoms with van der Waals surface area (Å²) in [5, 5.41) is 0. The molecule has 0 radical (unpaired) electrons. The summed E-state index contributed by atoms with van der Waals surface area (Å²) in [6.07, 6.45) is 1.60. The number of carbonyl (C=O) groups excluding carboxylic acids is 1. The molecule has 0 N–H and O–H groups in total. The maximum Gasteiger partial charge on any atom is 0.223 e. The lowest BCUT2D eigenvalue weighted by molar-refractivity contribution is -0.128. The van der Waals surface area contributed by atoms with Gasteiger partial charge in [-0.25, -0.2) is 0 Å². The third-order valence-electron chi connectivity index (χ3n) is 4.22. The normalized spacial score (nSPS) is 18.4. The van der Waals surface area contributed by atoms with Crippen molar-refractivity contribution < 1.29 is 14.3 Å². The quantitative estimate of drug-likeness (QED) is 0.807. The third kappa shape index (κ3) is 3.76. The molecule has 1 saturated heterocycles. The summed E-state index contributed by atoms with van der Waals surface area (Å²) in [5.41, 5.74) is 3.71. The molecule has 1 atom stereocenters. The van der Waals surface area contributed by atoms with Crippen LogP contribution >= 0.6 is 0 Å². The Bertz CT molecular complexity index is 513. The number of methoxy groups -OCH3 is 2. The van der Waals surface area contributed by atoms with Gasteiger partial charge in [-0.15, -0.1) is 0 Å². The van der Waals surface area contributed by atoms with Gasteiger partial charge in [0.15, 0.2) is 0 Å². The summed E-state index contributed by atoms with van der Waals surface area (Å²) >= 11 is 0. The van der Waals surface area contributed by atoms with Crippen LogP contribution in [0.1, 0.15) is 23.1 Å². The molecule has 2 rings (SSSR count). The zero-order valence-electron chi connectivity index (χ0n) is 13.4. The van der Waals surface area contributed by atoms with Crippen LogP contribution in [0.25, 0.3) is 0 Å². The molecule has 1 fully saturated rings. The standard InChI is InChI=1S/C17H25NO3/c1-12-8-16(21-4)13(2)7-15(12)9-14-10-17(19)18(11-14)5-6-20-3/h7-8,14H,5-6,9-11H2,1-4H3/t14-/m1/s1. The fourth-order valence-corrected chi connectivity index (χ4v) is 3.01. The molecule has 4 nitrogen and oxygen atoms in total. The monoisotopic (exact) mass is 291 g/mol. The van der Waals surface area contributed by atoms with E-state index in [9.17, 15) is 4.79 Å². The predicted octanol–water partition coefficient (Wildman–Crippen LogP) is 2.35. The summed E-state index contributed by atoms with van der Waals surface area (Å²) in [4.78, 5) is 13.9. The van der Waals surface area contributed by atoms with Crippen molar-refractivity contribution in [2.45, 2.75) is 26.7 Å². The lowest BCUT2D eigenvalue weighted by Gasteiger charge is -2.17. The lowest BCUT2D eigenvalue weighted by atomic mass is 9.94. The van der Waals surface area contributed by atoms with Crippen molar-refractivity contribution in [3.63, 3.8) is 0 Å². The van der Waals surface area contributed by atoms with Crippen molar-refractivity contribution >= 4 is 5.91 Å². The van der Waals surface area contributed by atoms with Crippen LogP contribution in [0.15, 0.2) is 12.1 Å². The highest BCUT2D eigenvalue weighted by Gasteiger charge is 2.29. The van der Waals surface area contributed by atoms with E-state index in [2.05, 4.69) is 26.0 Å².